The molecule has 0 aromatic carbocycles. The van der Waals surface area contributed by atoms with Crippen molar-refractivity contribution in [3.05, 3.63) is 17.7 Å². The minimum Gasteiger partial charge on any atom is -0.379 e. The van der Waals surface area contributed by atoms with Crippen LogP contribution in [-0.4, -0.2) is 69.6 Å². The Hall–Kier alpha value is -2.42. The van der Waals surface area contributed by atoms with Crippen LogP contribution in [0.15, 0.2) is 6.33 Å². The summed E-state index contributed by atoms with van der Waals surface area (Å²) in [6, 6.07) is 0.177. The van der Waals surface area contributed by atoms with Gasteiger partial charge in [-0.3, -0.25) is 14.4 Å². The maximum atomic E-state index is 13.2. The van der Waals surface area contributed by atoms with Gasteiger partial charge in [0.1, 0.15) is 11.2 Å². The second-order valence-electron chi connectivity index (χ2n) is 8.17. The SMILES string of the molecule is CCN1C(=O)c2c(C(=O)NC3CC3)ncn2CC1(C)C(=O)NCCCOC(C)C. The molecule has 0 spiro atoms. The van der Waals surface area contributed by atoms with Gasteiger partial charge in [-0.25, -0.2) is 4.98 Å². The Labute approximate surface area is 171 Å². The van der Waals surface area contributed by atoms with Crippen molar-refractivity contribution in [2.24, 2.45) is 0 Å². The van der Waals surface area contributed by atoms with Crippen molar-refractivity contribution >= 4 is 17.7 Å². The van der Waals surface area contributed by atoms with Gasteiger partial charge in [-0.15, -0.1) is 0 Å². The fourth-order valence-corrected chi connectivity index (χ4v) is 3.61. The van der Waals surface area contributed by atoms with Gasteiger partial charge in [0.05, 0.1) is 19.0 Å². The number of nitrogens with one attached hydrogen (secondary N) is 2. The van der Waals surface area contributed by atoms with E-state index in [0.29, 0.717) is 26.1 Å². The van der Waals surface area contributed by atoms with Gasteiger partial charge in [-0.1, -0.05) is 0 Å². The molecule has 1 aromatic rings. The fraction of sp³-hybridized carbons (Fsp3) is 0.700. The summed E-state index contributed by atoms with van der Waals surface area (Å²) in [6.45, 7) is 9.16. The lowest BCUT2D eigenvalue weighted by atomic mass is 9.94. The van der Waals surface area contributed by atoms with Crippen molar-refractivity contribution in [3.8, 4) is 0 Å². The maximum Gasteiger partial charge on any atom is 0.273 e. The quantitative estimate of drug-likeness (QED) is 0.595. The lowest BCUT2D eigenvalue weighted by Crippen LogP contribution is -2.64. The Morgan fingerprint density at radius 1 is 1.38 bits per heavy atom. The summed E-state index contributed by atoms with van der Waals surface area (Å²) in [6.07, 6.45) is 4.24. The van der Waals surface area contributed by atoms with Crippen molar-refractivity contribution in [2.45, 2.75) is 71.2 Å². The molecule has 1 unspecified atom stereocenters. The lowest BCUT2D eigenvalue weighted by Gasteiger charge is -2.43. The number of carbonyl (C=O) groups excluding carboxylic acids is 3. The number of hydrogen-bond acceptors (Lipinski definition) is 5. The van der Waals surface area contributed by atoms with Crippen LogP contribution in [0.3, 0.4) is 0 Å². The van der Waals surface area contributed by atoms with Gasteiger partial charge in [0.25, 0.3) is 11.8 Å². The number of ether oxygens (including phenoxy) is 1. The normalized spacial score (nSPS) is 21.3. The Balaban J connectivity index is 1.72. The summed E-state index contributed by atoms with van der Waals surface area (Å²) in [7, 11) is 0. The predicted molar refractivity (Wildman–Crippen MR) is 107 cm³/mol. The number of imidazole rings is 1. The van der Waals surface area contributed by atoms with Crippen LogP contribution in [0.25, 0.3) is 0 Å². The highest BCUT2D eigenvalue weighted by atomic mass is 16.5. The number of amides is 3. The van der Waals surface area contributed by atoms with E-state index in [1.807, 2.05) is 20.8 Å². The van der Waals surface area contributed by atoms with Gasteiger partial charge in [0.2, 0.25) is 5.91 Å². The molecule has 9 nitrogen and oxygen atoms in total. The van der Waals surface area contributed by atoms with Crippen LogP contribution in [0.4, 0.5) is 0 Å². The zero-order valence-electron chi connectivity index (χ0n) is 17.7. The molecule has 3 amide bonds. The highest BCUT2D eigenvalue weighted by molar-refractivity contribution is 6.07. The van der Waals surface area contributed by atoms with Gasteiger partial charge in [-0.2, -0.15) is 0 Å². The van der Waals surface area contributed by atoms with Crippen molar-refractivity contribution in [1.29, 1.82) is 0 Å². The molecule has 0 bridgehead atoms. The van der Waals surface area contributed by atoms with Gasteiger partial charge >= 0.3 is 0 Å². The van der Waals surface area contributed by atoms with Crippen LogP contribution in [0.1, 0.15) is 67.9 Å². The third-order valence-electron chi connectivity index (χ3n) is 5.35. The van der Waals surface area contributed by atoms with Crippen LogP contribution in [0.5, 0.6) is 0 Å². The van der Waals surface area contributed by atoms with Gasteiger partial charge in [0, 0.05) is 25.7 Å². The first-order valence-corrected chi connectivity index (χ1v) is 10.4. The zero-order chi connectivity index (χ0) is 21.2. The summed E-state index contributed by atoms with van der Waals surface area (Å²) >= 11 is 0. The van der Waals surface area contributed by atoms with Crippen molar-refractivity contribution in [1.82, 2.24) is 25.1 Å². The van der Waals surface area contributed by atoms with Crippen molar-refractivity contribution < 1.29 is 19.1 Å². The van der Waals surface area contributed by atoms with Crippen LogP contribution in [-0.2, 0) is 16.1 Å². The third-order valence-corrected chi connectivity index (χ3v) is 5.35. The average molecular weight is 405 g/mol. The first kappa shape index (κ1) is 21.3. The molecular formula is C20H31N5O4. The monoisotopic (exact) mass is 405 g/mol. The summed E-state index contributed by atoms with van der Waals surface area (Å²) in [4.78, 5) is 44.3. The second kappa shape index (κ2) is 8.52. The summed E-state index contributed by atoms with van der Waals surface area (Å²) in [5, 5.41) is 5.79. The molecule has 1 aliphatic carbocycles. The van der Waals surface area contributed by atoms with E-state index >= 15 is 0 Å². The molecule has 2 heterocycles. The molecule has 1 atom stereocenters. The van der Waals surface area contributed by atoms with E-state index in [-0.39, 0.29) is 47.8 Å². The lowest BCUT2D eigenvalue weighted by molar-refractivity contribution is -0.132. The minimum absolute atomic E-state index is 0.133. The molecule has 29 heavy (non-hydrogen) atoms. The molecule has 1 fully saturated rings. The highest BCUT2D eigenvalue weighted by Gasteiger charge is 2.48. The fourth-order valence-electron chi connectivity index (χ4n) is 3.61. The number of fused-ring (bicyclic) bond motifs is 1. The minimum atomic E-state index is -1.05. The first-order chi connectivity index (χ1) is 13.8. The summed E-state index contributed by atoms with van der Waals surface area (Å²) in [5.41, 5.74) is -0.669. The Kier molecular flexibility index (Phi) is 6.26. The van der Waals surface area contributed by atoms with Crippen LogP contribution >= 0.6 is 0 Å². The number of hydrogen-bond donors (Lipinski definition) is 2. The predicted octanol–water partition coefficient (Wildman–Crippen LogP) is 0.941. The maximum absolute atomic E-state index is 13.2. The van der Waals surface area contributed by atoms with E-state index in [4.69, 9.17) is 4.74 Å². The van der Waals surface area contributed by atoms with Crippen LogP contribution in [0, 0.1) is 0 Å². The van der Waals surface area contributed by atoms with Crippen LogP contribution < -0.4 is 10.6 Å². The number of carbonyl (C=O) groups is 3. The Morgan fingerprint density at radius 3 is 2.72 bits per heavy atom. The van der Waals surface area contributed by atoms with E-state index in [2.05, 4.69) is 15.6 Å². The summed E-state index contributed by atoms with van der Waals surface area (Å²) < 4.78 is 7.11. The first-order valence-electron chi connectivity index (χ1n) is 10.4. The van der Waals surface area contributed by atoms with Gasteiger partial charge in [0.15, 0.2) is 5.69 Å². The second-order valence-corrected chi connectivity index (χ2v) is 8.17. The molecule has 9 heteroatoms. The molecule has 0 radical (unpaired) electrons. The third kappa shape index (κ3) is 4.44. The standard InChI is InChI=1S/C20H31N5O4/c1-5-25-18(27)16-15(17(26)23-14-7-8-14)22-12-24(16)11-20(25,4)19(28)21-9-6-10-29-13(2)3/h12-14H,5-11H2,1-4H3,(H,21,28)(H,23,26). The zero-order valence-corrected chi connectivity index (χ0v) is 17.7. The van der Waals surface area contributed by atoms with Gasteiger partial charge < -0.3 is 24.8 Å². The van der Waals surface area contributed by atoms with E-state index in [1.54, 1.807) is 11.5 Å². The van der Waals surface area contributed by atoms with E-state index in [0.717, 1.165) is 12.8 Å². The van der Waals surface area contributed by atoms with E-state index in [9.17, 15) is 14.4 Å². The largest absolute Gasteiger partial charge is 0.379 e. The number of nitrogens with zero attached hydrogens (tertiary/aromatic N) is 3. The average Bonchev–Trinajstić information content (AvgIpc) is 3.37. The molecule has 2 aliphatic rings. The van der Waals surface area contributed by atoms with E-state index in [1.165, 1.54) is 11.2 Å². The van der Waals surface area contributed by atoms with Crippen molar-refractivity contribution in [3.63, 3.8) is 0 Å². The molecule has 1 aliphatic heterocycles. The Morgan fingerprint density at radius 2 is 2.10 bits per heavy atom. The molecule has 1 aromatic heterocycles. The van der Waals surface area contributed by atoms with Crippen LogP contribution in [0.2, 0.25) is 0 Å². The molecule has 1 saturated carbocycles. The Bertz CT molecular complexity index is 786. The van der Waals surface area contributed by atoms with E-state index < -0.39 is 5.54 Å². The molecule has 160 valence electrons. The molecular weight excluding hydrogens is 374 g/mol. The molecule has 0 saturated heterocycles. The number of likely N-dealkylation sites (N-methyl/N-ethyl adjacent to an activating group) is 1. The van der Waals surface area contributed by atoms with Crippen molar-refractivity contribution in [2.75, 3.05) is 19.7 Å². The summed E-state index contributed by atoms with van der Waals surface area (Å²) in [5.74, 6) is -0.901. The number of rotatable bonds is 9. The van der Waals surface area contributed by atoms with Gasteiger partial charge in [-0.05, 0) is 47.0 Å². The molecule has 2 N–H and O–H groups in total. The highest BCUT2D eigenvalue weighted by Crippen LogP contribution is 2.29. The smallest absolute Gasteiger partial charge is 0.273 e. The topological polar surface area (TPSA) is 106 Å². The number of aromatic nitrogens is 2. The molecule has 3 rings (SSSR count).